The number of anilines is 1. The van der Waals surface area contributed by atoms with Crippen LogP contribution in [0.15, 0.2) is 36.4 Å². The Hall–Kier alpha value is -2.69. The Morgan fingerprint density at radius 1 is 1.10 bits per heavy atom. The van der Waals surface area contributed by atoms with Gasteiger partial charge in [0.15, 0.2) is 11.5 Å². The standard InChI is InChI=1S/C16H15N3O2/c1-19-13-9-15-14(20-5-6-21-15)8-12(13)18-16(19)10-3-2-4-11(17)7-10/h2-4,7-9H,5-6,17H2,1H3. The first-order valence-corrected chi connectivity index (χ1v) is 6.84. The van der Waals surface area contributed by atoms with Gasteiger partial charge in [-0.25, -0.2) is 4.98 Å². The normalized spacial score (nSPS) is 13.6. The van der Waals surface area contributed by atoms with Gasteiger partial charge >= 0.3 is 0 Å². The van der Waals surface area contributed by atoms with Crippen LogP contribution in [0.1, 0.15) is 0 Å². The van der Waals surface area contributed by atoms with E-state index in [1.165, 1.54) is 0 Å². The minimum Gasteiger partial charge on any atom is -0.486 e. The molecule has 5 nitrogen and oxygen atoms in total. The van der Waals surface area contributed by atoms with Crippen LogP contribution in [0, 0.1) is 0 Å². The average molecular weight is 281 g/mol. The molecule has 0 radical (unpaired) electrons. The van der Waals surface area contributed by atoms with E-state index in [2.05, 4.69) is 0 Å². The minimum absolute atomic E-state index is 0.577. The van der Waals surface area contributed by atoms with Gasteiger partial charge in [0, 0.05) is 30.4 Å². The molecule has 3 aromatic rings. The molecule has 0 spiro atoms. The second-order valence-electron chi connectivity index (χ2n) is 5.10. The van der Waals surface area contributed by atoms with Crippen LogP contribution in [0.25, 0.3) is 22.4 Å². The van der Waals surface area contributed by atoms with Gasteiger partial charge in [0.1, 0.15) is 19.0 Å². The molecule has 0 amide bonds. The Morgan fingerprint density at radius 3 is 2.62 bits per heavy atom. The second kappa shape index (κ2) is 4.41. The van der Waals surface area contributed by atoms with Gasteiger partial charge in [0.05, 0.1) is 11.0 Å². The van der Waals surface area contributed by atoms with Crippen molar-refractivity contribution in [3.8, 4) is 22.9 Å². The lowest BCUT2D eigenvalue weighted by Crippen LogP contribution is -2.15. The molecule has 1 aliphatic rings. The number of rotatable bonds is 1. The molecule has 106 valence electrons. The van der Waals surface area contributed by atoms with Crippen molar-refractivity contribution in [2.75, 3.05) is 18.9 Å². The van der Waals surface area contributed by atoms with Gasteiger partial charge in [0.2, 0.25) is 0 Å². The first-order chi connectivity index (χ1) is 10.2. The van der Waals surface area contributed by atoms with E-state index < -0.39 is 0 Å². The minimum atomic E-state index is 0.577. The molecule has 2 N–H and O–H groups in total. The van der Waals surface area contributed by atoms with Crippen molar-refractivity contribution in [2.45, 2.75) is 0 Å². The lowest BCUT2D eigenvalue weighted by Gasteiger charge is -2.18. The van der Waals surface area contributed by atoms with Crippen molar-refractivity contribution in [1.82, 2.24) is 9.55 Å². The van der Waals surface area contributed by atoms with Gasteiger partial charge in [-0.2, -0.15) is 0 Å². The lowest BCUT2D eigenvalue weighted by molar-refractivity contribution is 0.172. The van der Waals surface area contributed by atoms with Gasteiger partial charge in [0.25, 0.3) is 0 Å². The smallest absolute Gasteiger partial charge is 0.163 e. The fourth-order valence-electron chi connectivity index (χ4n) is 2.66. The Bertz CT molecular complexity index is 839. The predicted molar refractivity (Wildman–Crippen MR) is 81.6 cm³/mol. The van der Waals surface area contributed by atoms with Gasteiger partial charge in [-0.3, -0.25) is 0 Å². The van der Waals surface area contributed by atoms with Gasteiger partial charge < -0.3 is 19.8 Å². The lowest BCUT2D eigenvalue weighted by atomic mass is 10.2. The van der Waals surface area contributed by atoms with Gasteiger partial charge in [-0.1, -0.05) is 12.1 Å². The van der Waals surface area contributed by atoms with E-state index in [4.69, 9.17) is 20.2 Å². The third-order valence-electron chi connectivity index (χ3n) is 3.69. The summed E-state index contributed by atoms with van der Waals surface area (Å²) in [6.07, 6.45) is 0. The van der Waals surface area contributed by atoms with Gasteiger partial charge in [-0.15, -0.1) is 0 Å². The summed E-state index contributed by atoms with van der Waals surface area (Å²) >= 11 is 0. The number of hydrogen-bond donors (Lipinski definition) is 1. The molecule has 0 atom stereocenters. The number of nitrogen functional groups attached to an aromatic ring is 1. The molecule has 0 bridgehead atoms. The van der Waals surface area contributed by atoms with Crippen molar-refractivity contribution in [3.05, 3.63) is 36.4 Å². The Kier molecular flexibility index (Phi) is 2.54. The molecule has 0 aliphatic carbocycles. The summed E-state index contributed by atoms with van der Waals surface area (Å²) in [6, 6.07) is 11.6. The van der Waals surface area contributed by atoms with E-state index in [1.807, 2.05) is 48.0 Å². The molecule has 4 rings (SSSR count). The van der Waals surface area contributed by atoms with Crippen molar-refractivity contribution >= 4 is 16.7 Å². The Morgan fingerprint density at radius 2 is 1.86 bits per heavy atom. The van der Waals surface area contributed by atoms with Crippen LogP contribution in [0.4, 0.5) is 5.69 Å². The predicted octanol–water partition coefficient (Wildman–Crippen LogP) is 2.59. The Labute approximate surface area is 121 Å². The molecular formula is C16H15N3O2. The molecule has 0 saturated heterocycles. The van der Waals surface area contributed by atoms with Crippen molar-refractivity contribution in [1.29, 1.82) is 0 Å². The first-order valence-electron chi connectivity index (χ1n) is 6.84. The molecule has 1 aromatic heterocycles. The molecule has 2 aromatic carbocycles. The molecule has 0 saturated carbocycles. The summed E-state index contributed by atoms with van der Waals surface area (Å²) in [6.45, 7) is 1.16. The highest BCUT2D eigenvalue weighted by Gasteiger charge is 2.17. The highest BCUT2D eigenvalue weighted by Crippen LogP contribution is 2.36. The van der Waals surface area contributed by atoms with E-state index in [0.717, 1.165) is 39.6 Å². The Balaban J connectivity index is 1.93. The first kappa shape index (κ1) is 12.1. The fourth-order valence-corrected chi connectivity index (χ4v) is 2.66. The number of ether oxygens (including phenoxy) is 2. The van der Waals surface area contributed by atoms with Gasteiger partial charge in [-0.05, 0) is 12.1 Å². The van der Waals surface area contributed by atoms with E-state index >= 15 is 0 Å². The molecular weight excluding hydrogens is 266 g/mol. The van der Waals surface area contributed by atoms with Crippen LogP contribution in [0.5, 0.6) is 11.5 Å². The number of hydrogen-bond acceptors (Lipinski definition) is 4. The molecule has 2 heterocycles. The van der Waals surface area contributed by atoms with E-state index in [-0.39, 0.29) is 0 Å². The zero-order valence-corrected chi connectivity index (χ0v) is 11.7. The van der Waals surface area contributed by atoms with Crippen LogP contribution in [-0.4, -0.2) is 22.8 Å². The van der Waals surface area contributed by atoms with Crippen LogP contribution >= 0.6 is 0 Å². The summed E-state index contributed by atoms with van der Waals surface area (Å²) in [7, 11) is 1.99. The maximum Gasteiger partial charge on any atom is 0.163 e. The SMILES string of the molecule is Cn1c(-c2cccc(N)c2)nc2cc3c(cc21)OCCO3. The van der Waals surface area contributed by atoms with Crippen LogP contribution in [-0.2, 0) is 7.05 Å². The highest BCUT2D eigenvalue weighted by molar-refractivity contribution is 5.84. The summed E-state index contributed by atoms with van der Waals surface area (Å²) in [5, 5.41) is 0. The average Bonchev–Trinajstić information content (AvgIpc) is 2.82. The van der Waals surface area contributed by atoms with Crippen molar-refractivity contribution < 1.29 is 9.47 Å². The maximum atomic E-state index is 5.86. The van der Waals surface area contributed by atoms with Crippen molar-refractivity contribution in [2.24, 2.45) is 7.05 Å². The second-order valence-corrected chi connectivity index (χ2v) is 5.10. The monoisotopic (exact) mass is 281 g/mol. The number of benzene rings is 2. The van der Waals surface area contributed by atoms with E-state index in [1.54, 1.807) is 0 Å². The van der Waals surface area contributed by atoms with Crippen LogP contribution < -0.4 is 15.2 Å². The molecule has 5 heteroatoms. The summed E-state index contributed by atoms with van der Waals surface area (Å²) in [5.74, 6) is 2.40. The molecule has 0 fully saturated rings. The molecule has 0 unspecified atom stereocenters. The highest BCUT2D eigenvalue weighted by atomic mass is 16.6. The number of aromatic nitrogens is 2. The summed E-state index contributed by atoms with van der Waals surface area (Å²) in [5.41, 5.74) is 9.48. The largest absolute Gasteiger partial charge is 0.486 e. The third kappa shape index (κ3) is 1.89. The fraction of sp³-hybridized carbons (Fsp3) is 0.188. The summed E-state index contributed by atoms with van der Waals surface area (Å²) in [4.78, 5) is 4.70. The number of imidazole rings is 1. The van der Waals surface area contributed by atoms with E-state index in [0.29, 0.717) is 13.2 Å². The molecule has 21 heavy (non-hydrogen) atoms. The van der Waals surface area contributed by atoms with Crippen LogP contribution in [0.2, 0.25) is 0 Å². The molecule has 1 aliphatic heterocycles. The van der Waals surface area contributed by atoms with Crippen LogP contribution in [0.3, 0.4) is 0 Å². The van der Waals surface area contributed by atoms with Crippen molar-refractivity contribution in [3.63, 3.8) is 0 Å². The number of fused-ring (bicyclic) bond motifs is 2. The number of nitrogens with two attached hydrogens (primary N) is 1. The number of nitrogens with zero attached hydrogens (tertiary/aromatic N) is 2. The quantitative estimate of drug-likeness (QED) is 0.696. The topological polar surface area (TPSA) is 62.3 Å². The number of aryl methyl sites for hydroxylation is 1. The maximum absolute atomic E-state index is 5.86. The zero-order valence-electron chi connectivity index (χ0n) is 11.7. The summed E-state index contributed by atoms with van der Waals surface area (Å²) < 4.78 is 13.3. The zero-order chi connectivity index (χ0) is 14.4. The third-order valence-corrected chi connectivity index (χ3v) is 3.69. The van der Waals surface area contributed by atoms with E-state index in [9.17, 15) is 0 Å².